The van der Waals surface area contributed by atoms with E-state index in [1.807, 2.05) is 6.92 Å². The molecule has 3 heteroatoms. The summed E-state index contributed by atoms with van der Waals surface area (Å²) in [7, 11) is 0. The molecule has 1 saturated heterocycles. The summed E-state index contributed by atoms with van der Waals surface area (Å²) in [5.41, 5.74) is 0. The van der Waals surface area contributed by atoms with Gasteiger partial charge in [-0.05, 0) is 19.3 Å². The van der Waals surface area contributed by atoms with Gasteiger partial charge in [0.1, 0.15) is 6.10 Å². The lowest BCUT2D eigenvalue weighted by molar-refractivity contribution is -0.166. The summed E-state index contributed by atoms with van der Waals surface area (Å²) in [6.07, 6.45) is 0.955. The molecule has 12 heavy (non-hydrogen) atoms. The van der Waals surface area contributed by atoms with Gasteiger partial charge < -0.3 is 9.47 Å². The van der Waals surface area contributed by atoms with E-state index in [1.165, 1.54) is 6.92 Å². The molecule has 1 aliphatic heterocycles. The van der Waals surface area contributed by atoms with Gasteiger partial charge in [-0.1, -0.05) is 6.92 Å². The normalized spacial score (nSPS) is 36.1. The van der Waals surface area contributed by atoms with E-state index in [1.54, 1.807) is 0 Å². The van der Waals surface area contributed by atoms with Gasteiger partial charge in [-0.15, -0.1) is 0 Å². The summed E-state index contributed by atoms with van der Waals surface area (Å²) < 4.78 is 10.5. The molecule has 1 aliphatic rings. The molecule has 3 nitrogen and oxygen atoms in total. The van der Waals surface area contributed by atoms with Gasteiger partial charge in [0.2, 0.25) is 0 Å². The average molecular weight is 172 g/mol. The second-order valence-electron chi connectivity index (χ2n) is 3.42. The van der Waals surface area contributed by atoms with Crippen LogP contribution in [0.4, 0.5) is 0 Å². The van der Waals surface area contributed by atoms with Crippen molar-refractivity contribution in [2.24, 2.45) is 5.92 Å². The molecule has 1 unspecified atom stereocenters. The first-order valence-corrected chi connectivity index (χ1v) is 4.40. The molecular formula is C9H16O3. The zero-order chi connectivity index (χ0) is 9.14. The first kappa shape index (κ1) is 9.52. The predicted octanol–water partition coefficient (Wildman–Crippen LogP) is 1.36. The molecule has 0 N–H and O–H groups in total. The van der Waals surface area contributed by atoms with Gasteiger partial charge in [-0.25, -0.2) is 0 Å². The highest BCUT2D eigenvalue weighted by Gasteiger charge is 2.30. The molecule has 0 aromatic rings. The van der Waals surface area contributed by atoms with Crippen LogP contribution in [0.5, 0.6) is 0 Å². The molecule has 0 bridgehead atoms. The molecule has 0 amide bonds. The minimum absolute atomic E-state index is 0.0395. The van der Waals surface area contributed by atoms with Crippen molar-refractivity contribution in [3.8, 4) is 0 Å². The van der Waals surface area contributed by atoms with E-state index in [0.717, 1.165) is 13.0 Å². The number of carbonyl (C=O) groups excluding carboxylic acids is 1. The Morgan fingerprint density at radius 2 is 2.17 bits per heavy atom. The zero-order valence-corrected chi connectivity index (χ0v) is 7.87. The fourth-order valence-corrected chi connectivity index (χ4v) is 1.57. The highest BCUT2D eigenvalue weighted by atomic mass is 16.6. The van der Waals surface area contributed by atoms with Crippen LogP contribution >= 0.6 is 0 Å². The van der Waals surface area contributed by atoms with E-state index < -0.39 is 0 Å². The summed E-state index contributed by atoms with van der Waals surface area (Å²) >= 11 is 0. The molecule has 1 heterocycles. The van der Waals surface area contributed by atoms with Crippen molar-refractivity contribution in [1.29, 1.82) is 0 Å². The molecule has 70 valence electrons. The van der Waals surface area contributed by atoms with Crippen molar-refractivity contribution in [2.45, 2.75) is 39.4 Å². The maximum absolute atomic E-state index is 10.7. The SMILES string of the molecule is CC(=O)O[C@@H]1C(C)CCO[C@H]1C. The van der Waals surface area contributed by atoms with Crippen LogP contribution in [0, 0.1) is 5.92 Å². The third kappa shape index (κ3) is 2.21. The summed E-state index contributed by atoms with van der Waals surface area (Å²) in [6, 6.07) is 0. The molecule has 1 fully saturated rings. The zero-order valence-electron chi connectivity index (χ0n) is 7.87. The van der Waals surface area contributed by atoms with Crippen molar-refractivity contribution in [2.75, 3.05) is 6.61 Å². The highest BCUT2D eigenvalue weighted by molar-refractivity contribution is 5.66. The van der Waals surface area contributed by atoms with Crippen LogP contribution < -0.4 is 0 Å². The Balaban J connectivity index is 2.50. The molecule has 1 rings (SSSR count). The number of carbonyl (C=O) groups is 1. The lowest BCUT2D eigenvalue weighted by Gasteiger charge is -2.33. The van der Waals surface area contributed by atoms with Crippen molar-refractivity contribution in [1.82, 2.24) is 0 Å². The minimum atomic E-state index is -0.218. The van der Waals surface area contributed by atoms with E-state index >= 15 is 0 Å². The predicted molar refractivity (Wildman–Crippen MR) is 44.7 cm³/mol. The fourth-order valence-electron chi connectivity index (χ4n) is 1.57. The first-order valence-electron chi connectivity index (χ1n) is 4.40. The van der Waals surface area contributed by atoms with Crippen LogP contribution in [0.25, 0.3) is 0 Å². The highest BCUT2D eigenvalue weighted by Crippen LogP contribution is 2.22. The van der Waals surface area contributed by atoms with Crippen LogP contribution in [0.1, 0.15) is 27.2 Å². The molecule has 0 aromatic heterocycles. The Morgan fingerprint density at radius 1 is 1.50 bits per heavy atom. The van der Waals surface area contributed by atoms with Gasteiger partial charge in [0.15, 0.2) is 0 Å². The Morgan fingerprint density at radius 3 is 2.67 bits per heavy atom. The number of hydrogen-bond acceptors (Lipinski definition) is 3. The standard InChI is InChI=1S/C9H16O3/c1-6-4-5-11-7(2)9(6)12-8(3)10/h6-7,9H,4-5H2,1-3H3/t6?,7-,9+/m0/s1. The van der Waals surface area contributed by atoms with Crippen LogP contribution in [-0.2, 0) is 14.3 Å². The largest absolute Gasteiger partial charge is 0.460 e. The molecule has 3 atom stereocenters. The van der Waals surface area contributed by atoms with E-state index in [0.29, 0.717) is 5.92 Å². The second kappa shape index (κ2) is 3.90. The number of ether oxygens (including phenoxy) is 2. The summed E-state index contributed by atoms with van der Waals surface area (Å²) in [5.74, 6) is 0.196. The summed E-state index contributed by atoms with van der Waals surface area (Å²) in [5, 5.41) is 0. The third-order valence-corrected chi connectivity index (χ3v) is 2.28. The monoisotopic (exact) mass is 172 g/mol. The Kier molecular flexibility index (Phi) is 3.09. The van der Waals surface area contributed by atoms with E-state index in [2.05, 4.69) is 6.92 Å². The molecule has 0 spiro atoms. The van der Waals surface area contributed by atoms with Crippen LogP contribution in [0.2, 0.25) is 0 Å². The molecule has 0 aliphatic carbocycles. The van der Waals surface area contributed by atoms with Gasteiger partial charge in [0.05, 0.1) is 6.10 Å². The van der Waals surface area contributed by atoms with Crippen LogP contribution in [0.15, 0.2) is 0 Å². The second-order valence-corrected chi connectivity index (χ2v) is 3.42. The lowest BCUT2D eigenvalue weighted by Crippen LogP contribution is -2.40. The average Bonchev–Trinajstić information content (AvgIpc) is 1.97. The number of hydrogen-bond donors (Lipinski definition) is 0. The Labute approximate surface area is 73.0 Å². The van der Waals surface area contributed by atoms with Gasteiger partial charge in [-0.3, -0.25) is 4.79 Å². The van der Waals surface area contributed by atoms with Crippen molar-refractivity contribution in [3.05, 3.63) is 0 Å². The van der Waals surface area contributed by atoms with Crippen molar-refractivity contribution >= 4 is 5.97 Å². The third-order valence-electron chi connectivity index (χ3n) is 2.28. The quantitative estimate of drug-likeness (QED) is 0.560. The Bertz CT molecular complexity index is 157. The van der Waals surface area contributed by atoms with Gasteiger partial charge in [-0.2, -0.15) is 0 Å². The summed E-state index contributed by atoms with van der Waals surface area (Å²) in [6.45, 7) is 6.25. The lowest BCUT2D eigenvalue weighted by atomic mass is 9.95. The number of esters is 1. The fraction of sp³-hybridized carbons (Fsp3) is 0.889. The van der Waals surface area contributed by atoms with E-state index in [9.17, 15) is 4.79 Å². The smallest absolute Gasteiger partial charge is 0.303 e. The maximum atomic E-state index is 10.7. The molecule has 0 saturated carbocycles. The van der Waals surface area contributed by atoms with E-state index in [-0.39, 0.29) is 18.2 Å². The van der Waals surface area contributed by atoms with Gasteiger partial charge >= 0.3 is 5.97 Å². The Hall–Kier alpha value is -0.570. The van der Waals surface area contributed by atoms with E-state index in [4.69, 9.17) is 9.47 Å². The van der Waals surface area contributed by atoms with Crippen LogP contribution in [-0.4, -0.2) is 24.8 Å². The molecular weight excluding hydrogens is 156 g/mol. The van der Waals surface area contributed by atoms with Gasteiger partial charge in [0.25, 0.3) is 0 Å². The minimum Gasteiger partial charge on any atom is -0.460 e. The number of rotatable bonds is 1. The van der Waals surface area contributed by atoms with Crippen LogP contribution in [0.3, 0.4) is 0 Å². The van der Waals surface area contributed by atoms with Crippen molar-refractivity contribution in [3.63, 3.8) is 0 Å². The van der Waals surface area contributed by atoms with Gasteiger partial charge in [0, 0.05) is 13.5 Å². The van der Waals surface area contributed by atoms with Crippen molar-refractivity contribution < 1.29 is 14.3 Å². The molecule has 0 radical (unpaired) electrons. The first-order chi connectivity index (χ1) is 5.61. The topological polar surface area (TPSA) is 35.5 Å². The molecule has 0 aromatic carbocycles. The summed E-state index contributed by atoms with van der Waals surface area (Å²) in [4.78, 5) is 10.7. The maximum Gasteiger partial charge on any atom is 0.303 e.